The third-order valence-corrected chi connectivity index (χ3v) is 2.79. The quantitative estimate of drug-likeness (QED) is 0.885. The molecule has 0 heterocycles. The molecule has 2 aromatic rings. The monoisotopic (exact) mass is 245 g/mol. The van der Waals surface area contributed by atoms with Crippen molar-refractivity contribution < 1.29 is 9.13 Å². The Morgan fingerprint density at radius 2 is 2.00 bits per heavy atom. The summed E-state index contributed by atoms with van der Waals surface area (Å²) in [6.07, 6.45) is 0. The van der Waals surface area contributed by atoms with Gasteiger partial charge in [0.2, 0.25) is 0 Å². The van der Waals surface area contributed by atoms with E-state index in [0.29, 0.717) is 12.1 Å². The van der Waals surface area contributed by atoms with E-state index in [9.17, 15) is 4.39 Å². The van der Waals surface area contributed by atoms with Gasteiger partial charge in [-0.2, -0.15) is 0 Å². The van der Waals surface area contributed by atoms with Gasteiger partial charge in [-0.25, -0.2) is 4.39 Å². The number of ether oxygens (including phenoxy) is 1. The molecule has 18 heavy (non-hydrogen) atoms. The zero-order chi connectivity index (χ0) is 13.0. The van der Waals surface area contributed by atoms with Crippen LogP contribution >= 0.6 is 0 Å². The van der Waals surface area contributed by atoms with Crippen molar-refractivity contribution in [3.8, 4) is 5.75 Å². The first-order chi connectivity index (χ1) is 8.69. The van der Waals surface area contributed by atoms with Gasteiger partial charge in [0, 0.05) is 12.2 Å². The molecule has 0 bridgehead atoms. The average Bonchev–Trinajstić information content (AvgIpc) is 2.40. The van der Waals surface area contributed by atoms with Gasteiger partial charge in [-0.1, -0.05) is 12.1 Å². The zero-order valence-corrected chi connectivity index (χ0v) is 10.5. The minimum atomic E-state index is -0.179. The van der Waals surface area contributed by atoms with E-state index in [1.807, 2.05) is 24.3 Å². The fraction of sp³-hybridized carbons (Fsp3) is 0.200. The normalized spacial score (nSPS) is 10.2. The molecule has 3 heteroatoms. The lowest BCUT2D eigenvalue weighted by molar-refractivity contribution is 0.414. The molecule has 0 aromatic heterocycles. The van der Waals surface area contributed by atoms with Crippen molar-refractivity contribution in [2.24, 2.45) is 0 Å². The van der Waals surface area contributed by atoms with Crippen molar-refractivity contribution in [1.82, 2.24) is 0 Å². The van der Waals surface area contributed by atoms with Gasteiger partial charge in [-0.3, -0.25) is 0 Å². The lowest BCUT2D eigenvalue weighted by Gasteiger charge is -2.09. The fourth-order valence-electron chi connectivity index (χ4n) is 1.74. The first-order valence-corrected chi connectivity index (χ1v) is 5.82. The van der Waals surface area contributed by atoms with Gasteiger partial charge < -0.3 is 10.1 Å². The van der Waals surface area contributed by atoms with E-state index in [-0.39, 0.29) is 5.82 Å². The predicted octanol–water partition coefficient (Wildman–Crippen LogP) is 3.75. The van der Waals surface area contributed by atoms with Crippen LogP contribution in [0.25, 0.3) is 0 Å². The number of rotatable bonds is 4. The molecule has 0 unspecified atom stereocenters. The van der Waals surface area contributed by atoms with Gasteiger partial charge in [-0.15, -0.1) is 0 Å². The maximum absolute atomic E-state index is 13.1. The summed E-state index contributed by atoms with van der Waals surface area (Å²) in [4.78, 5) is 0. The van der Waals surface area contributed by atoms with Crippen LogP contribution in [0.5, 0.6) is 5.75 Å². The van der Waals surface area contributed by atoms with Crippen LogP contribution in [0.3, 0.4) is 0 Å². The Morgan fingerprint density at radius 3 is 2.72 bits per heavy atom. The highest BCUT2D eigenvalue weighted by atomic mass is 19.1. The van der Waals surface area contributed by atoms with Gasteiger partial charge in [-0.05, 0) is 48.4 Å². The molecule has 0 aliphatic carbocycles. The molecule has 0 aliphatic heterocycles. The van der Waals surface area contributed by atoms with Crippen molar-refractivity contribution in [2.75, 3.05) is 12.4 Å². The molecule has 0 aliphatic rings. The van der Waals surface area contributed by atoms with Crippen molar-refractivity contribution in [3.63, 3.8) is 0 Å². The van der Waals surface area contributed by atoms with Crippen molar-refractivity contribution in [2.45, 2.75) is 13.5 Å². The number of anilines is 1. The summed E-state index contributed by atoms with van der Waals surface area (Å²) in [6, 6.07) is 12.9. The molecule has 2 rings (SSSR count). The number of aryl methyl sites for hydroxylation is 1. The Kier molecular flexibility index (Phi) is 3.82. The van der Waals surface area contributed by atoms with Crippen molar-refractivity contribution >= 4 is 5.69 Å². The van der Waals surface area contributed by atoms with Gasteiger partial charge in [0.15, 0.2) is 0 Å². The Hall–Kier alpha value is -2.03. The first kappa shape index (κ1) is 12.4. The second-order valence-electron chi connectivity index (χ2n) is 4.17. The van der Waals surface area contributed by atoms with Crippen LogP contribution in [0, 0.1) is 12.7 Å². The molecule has 2 aromatic carbocycles. The summed E-state index contributed by atoms with van der Waals surface area (Å²) >= 11 is 0. The molecular weight excluding hydrogens is 229 g/mol. The lowest BCUT2D eigenvalue weighted by atomic mass is 10.2. The first-order valence-electron chi connectivity index (χ1n) is 5.82. The SMILES string of the molecule is COc1cccc(CNc2ccc(F)c(C)c2)c1. The second-order valence-corrected chi connectivity index (χ2v) is 4.17. The van der Waals surface area contributed by atoms with Gasteiger partial charge in [0.25, 0.3) is 0 Å². The van der Waals surface area contributed by atoms with Crippen LogP contribution in [0.2, 0.25) is 0 Å². The second kappa shape index (κ2) is 5.54. The number of methoxy groups -OCH3 is 1. The third-order valence-electron chi connectivity index (χ3n) is 2.79. The Morgan fingerprint density at radius 1 is 1.17 bits per heavy atom. The van der Waals surface area contributed by atoms with Crippen LogP contribution in [0.1, 0.15) is 11.1 Å². The smallest absolute Gasteiger partial charge is 0.126 e. The average molecular weight is 245 g/mol. The van der Waals surface area contributed by atoms with E-state index in [4.69, 9.17) is 4.74 Å². The van der Waals surface area contributed by atoms with E-state index < -0.39 is 0 Å². The Balaban J connectivity index is 2.04. The van der Waals surface area contributed by atoms with Crippen molar-refractivity contribution in [1.29, 1.82) is 0 Å². The number of nitrogens with one attached hydrogen (secondary N) is 1. The molecule has 94 valence electrons. The summed E-state index contributed by atoms with van der Waals surface area (Å²) in [5, 5.41) is 3.26. The Bertz CT molecular complexity index is 540. The third kappa shape index (κ3) is 3.00. The van der Waals surface area contributed by atoms with Gasteiger partial charge in [0.1, 0.15) is 11.6 Å². The number of benzene rings is 2. The minimum absolute atomic E-state index is 0.179. The van der Waals surface area contributed by atoms with Crippen molar-refractivity contribution in [3.05, 3.63) is 59.4 Å². The van der Waals surface area contributed by atoms with Crippen LogP contribution in [0.15, 0.2) is 42.5 Å². The van der Waals surface area contributed by atoms with Crippen LogP contribution in [-0.4, -0.2) is 7.11 Å². The molecule has 1 N–H and O–H groups in total. The number of halogens is 1. The molecule has 0 radical (unpaired) electrons. The summed E-state index contributed by atoms with van der Waals surface area (Å²) in [5.74, 6) is 0.659. The maximum atomic E-state index is 13.1. The summed E-state index contributed by atoms with van der Waals surface area (Å²) in [5.41, 5.74) is 2.68. The van der Waals surface area contributed by atoms with Crippen LogP contribution in [-0.2, 0) is 6.54 Å². The molecule has 0 fully saturated rings. The van der Waals surface area contributed by atoms with E-state index >= 15 is 0 Å². The summed E-state index contributed by atoms with van der Waals surface area (Å²) in [7, 11) is 1.65. The number of hydrogen-bond acceptors (Lipinski definition) is 2. The molecule has 2 nitrogen and oxygen atoms in total. The van der Waals surface area contributed by atoms with E-state index in [1.165, 1.54) is 6.07 Å². The van der Waals surface area contributed by atoms with Crippen LogP contribution < -0.4 is 10.1 Å². The standard InChI is InChI=1S/C15H16FNO/c1-11-8-13(6-7-15(11)16)17-10-12-4-3-5-14(9-12)18-2/h3-9,17H,10H2,1-2H3. The lowest BCUT2D eigenvalue weighted by Crippen LogP contribution is -2.00. The molecule has 0 saturated carbocycles. The maximum Gasteiger partial charge on any atom is 0.126 e. The molecule has 0 atom stereocenters. The minimum Gasteiger partial charge on any atom is -0.497 e. The highest BCUT2D eigenvalue weighted by molar-refractivity contribution is 5.46. The fourth-order valence-corrected chi connectivity index (χ4v) is 1.74. The molecular formula is C15H16FNO. The van der Waals surface area contributed by atoms with Gasteiger partial charge in [0.05, 0.1) is 7.11 Å². The highest BCUT2D eigenvalue weighted by Gasteiger charge is 2.00. The Labute approximate surface area is 106 Å². The molecule has 0 spiro atoms. The van der Waals surface area contributed by atoms with E-state index in [2.05, 4.69) is 5.32 Å². The van der Waals surface area contributed by atoms with Gasteiger partial charge >= 0.3 is 0 Å². The van der Waals surface area contributed by atoms with E-state index in [0.717, 1.165) is 17.0 Å². The summed E-state index contributed by atoms with van der Waals surface area (Å²) < 4.78 is 18.3. The summed E-state index contributed by atoms with van der Waals surface area (Å²) in [6.45, 7) is 2.44. The topological polar surface area (TPSA) is 21.3 Å². The number of hydrogen-bond donors (Lipinski definition) is 1. The highest BCUT2D eigenvalue weighted by Crippen LogP contribution is 2.16. The predicted molar refractivity (Wildman–Crippen MR) is 71.5 cm³/mol. The van der Waals surface area contributed by atoms with Crippen LogP contribution in [0.4, 0.5) is 10.1 Å². The molecule has 0 saturated heterocycles. The largest absolute Gasteiger partial charge is 0.497 e. The van der Waals surface area contributed by atoms with E-state index in [1.54, 1.807) is 26.2 Å². The zero-order valence-electron chi connectivity index (χ0n) is 10.5. The molecule has 0 amide bonds.